The van der Waals surface area contributed by atoms with E-state index in [0.29, 0.717) is 27.7 Å². The van der Waals surface area contributed by atoms with Crippen LogP contribution in [0.25, 0.3) is 0 Å². The van der Waals surface area contributed by atoms with Gasteiger partial charge >= 0.3 is 0 Å². The van der Waals surface area contributed by atoms with Gasteiger partial charge in [-0.3, -0.25) is 13.9 Å². The molecular formula is C29H32BrCl2N3O4S. The summed E-state index contributed by atoms with van der Waals surface area (Å²) in [5.41, 5.74) is 1.85. The van der Waals surface area contributed by atoms with Crippen LogP contribution in [0.5, 0.6) is 0 Å². The number of benzene rings is 3. The van der Waals surface area contributed by atoms with Crippen LogP contribution >= 0.6 is 39.1 Å². The lowest BCUT2D eigenvalue weighted by atomic mass is 10.1. The van der Waals surface area contributed by atoms with E-state index in [2.05, 4.69) is 21.2 Å². The maximum Gasteiger partial charge on any atom is 0.264 e. The number of hydrogen-bond acceptors (Lipinski definition) is 4. The third-order valence-corrected chi connectivity index (χ3v) is 9.56. The Bertz CT molecular complexity index is 1450. The Balaban J connectivity index is 2.03. The van der Waals surface area contributed by atoms with Crippen molar-refractivity contribution in [2.75, 3.05) is 10.8 Å². The molecule has 11 heteroatoms. The number of hydrogen-bond donors (Lipinski definition) is 1. The molecule has 2 amide bonds. The summed E-state index contributed by atoms with van der Waals surface area (Å²) in [5, 5.41) is 3.57. The van der Waals surface area contributed by atoms with Crippen LogP contribution in [0.3, 0.4) is 0 Å². The van der Waals surface area contributed by atoms with Crippen molar-refractivity contribution in [3.8, 4) is 0 Å². The van der Waals surface area contributed by atoms with Gasteiger partial charge in [0.15, 0.2) is 0 Å². The second-order valence-corrected chi connectivity index (χ2v) is 13.2. The van der Waals surface area contributed by atoms with Crippen LogP contribution in [-0.4, -0.2) is 43.8 Å². The summed E-state index contributed by atoms with van der Waals surface area (Å²) in [7, 11) is -4.13. The van der Waals surface area contributed by atoms with Crippen LogP contribution < -0.4 is 9.62 Å². The van der Waals surface area contributed by atoms with Gasteiger partial charge in [0.25, 0.3) is 10.0 Å². The summed E-state index contributed by atoms with van der Waals surface area (Å²) < 4.78 is 29.5. The first-order valence-electron chi connectivity index (χ1n) is 12.7. The fourth-order valence-corrected chi connectivity index (χ4v) is 5.86. The molecule has 2 atom stereocenters. The molecule has 0 saturated carbocycles. The molecule has 0 aliphatic rings. The molecule has 0 radical (unpaired) electrons. The van der Waals surface area contributed by atoms with E-state index in [0.717, 1.165) is 14.3 Å². The van der Waals surface area contributed by atoms with Crippen LogP contribution in [0.15, 0.2) is 76.1 Å². The second kappa shape index (κ2) is 13.9. The zero-order chi connectivity index (χ0) is 29.6. The molecule has 1 N–H and O–H groups in total. The summed E-state index contributed by atoms with van der Waals surface area (Å²) in [6, 6.07) is 17.0. The fraction of sp³-hybridized carbons (Fsp3) is 0.310. The number of nitrogens with zero attached hydrogens (tertiary/aromatic N) is 2. The second-order valence-electron chi connectivity index (χ2n) is 9.57. The van der Waals surface area contributed by atoms with Gasteiger partial charge in [-0.15, -0.1) is 0 Å². The molecule has 0 aliphatic carbocycles. The van der Waals surface area contributed by atoms with E-state index >= 15 is 0 Å². The molecule has 3 aromatic rings. The van der Waals surface area contributed by atoms with Gasteiger partial charge in [-0.1, -0.05) is 69.8 Å². The molecule has 3 aromatic carbocycles. The lowest BCUT2D eigenvalue weighted by Crippen LogP contribution is -2.52. The van der Waals surface area contributed by atoms with E-state index in [1.54, 1.807) is 61.5 Å². The van der Waals surface area contributed by atoms with Gasteiger partial charge in [-0.25, -0.2) is 8.42 Å². The van der Waals surface area contributed by atoms with Gasteiger partial charge in [0.1, 0.15) is 12.6 Å². The fourth-order valence-electron chi connectivity index (χ4n) is 3.86. The Kier molecular flexibility index (Phi) is 11.1. The first-order chi connectivity index (χ1) is 18.8. The summed E-state index contributed by atoms with van der Waals surface area (Å²) in [6.07, 6.45) is 0.714. The smallest absolute Gasteiger partial charge is 0.264 e. The number of anilines is 1. The molecule has 0 bridgehead atoms. The minimum atomic E-state index is -4.13. The summed E-state index contributed by atoms with van der Waals surface area (Å²) >= 11 is 15.7. The monoisotopic (exact) mass is 667 g/mol. The predicted molar refractivity (Wildman–Crippen MR) is 164 cm³/mol. The molecule has 214 valence electrons. The maximum absolute atomic E-state index is 14.0. The Morgan fingerprint density at radius 3 is 2.15 bits per heavy atom. The third kappa shape index (κ3) is 8.00. The van der Waals surface area contributed by atoms with Gasteiger partial charge in [0.05, 0.1) is 20.6 Å². The van der Waals surface area contributed by atoms with Crippen molar-refractivity contribution in [1.82, 2.24) is 10.2 Å². The van der Waals surface area contributed by atoms with Gasteiger partial charge in [-0.2, -0.15) is 0 Å². The summed E-state index contributed by atoms with van der Waals surface area (Å²) in [5.74, 6) is -0.907. The number of carbonyl (C=O) groups is 2. The summed E-state index contributed by atoms with van der Waals surface area (Å²) in [6.45, 7) is 6.79. The highest BCUT2D eigenvalue weighted by Crippen LogP contribution is 2.27. The zero-order valence-corrected chi connectivity index (χ0v) is 26.6. The molecule has 0 saturated heterocycles. The highest BCUT2D eigenvalue weighted by Gasteiger charge is 2.32. The van der Waals surface area contributed by atoms with Crippen LogP contribution in [0.1, 0.15) is 38.3 Å². The number of rotatable bonds is 11. The van der Waals surface area contributed by atoms with Crippen molar-refractivity contribution in [2.45, 2.75) is 57.6 Å². The van der Waals surface area contributed by atoms with Crippen molar-refractivity contribution < 1.29 is 18.0 Å². The minimum Gasteiger partial charge on any atom is -0.352 e. The number of carbonyl (C=O) groups excluding carboxylic acids is 2. The number of aryl methyl sites for hydroxylation is 1. The van der Waals surface area contributed by atoms with Crippen molar-refractivity contribution in [2.24, 2.45) is 0 Å². The SMILES string of the molecule is CC[C@@H](C)NC(=O)[C@@H](C)N(Cc1ccc(Cl)c(Cl)c1)C(=O)CN(c1ccc(Br)cc1)S(=O)(=O)c1ccc(C)cc1. The standard InChI is InChI=1S/C29H32BrCl2N3O4S/c1-5-20(3)33-29(37)21(4)34(17-22-8-15-26(31)27(32)16-22)28(36)18-35(24-11-9-23(30)10-12-24)40(38,39)25-13-6-19(2)7-14-25/h6-16,20-21H,5,17-18H2,1-4H3,(H,33,37)/t20-,21-/m1/s1. The molecular weight excluding hydrogens is 637 g/mol. The summed E-state index contributed by atoms with van der Waals surface area (Å²) in [4.78, 5) is 28.5. The average molecular weight is 669 g/mol. The van der Waals surface area contributed by atoms with E-state index in [1.807, 2.05) is 20.8 Å². The van der Waals surface area contributed by atoms with Crippen LogP contribution in [0.4, 0.5) is 5.69 Å². The highest BCUT2D eigenvalue weighted by atomic mass is 79.9. The minimum absolute atomic E-state index is 0.0174. The third-order valence-electron chi connectivity index (χ3n) is 6.51. The maximum atomic E-state index is 14.0. The Labute approximate surface area is 254 Å². The van der Waals surface area contributed by atoms with E-state index in [1.165, 1.54) is 17.0 Å². The quantitative estimate of drug-likeness (QED) is 0.250. The molecule has 0 spiro atoms. The normalized spacial score (nSPS) is 12.9. The largest absolute Gasteiger partial charge is 0.352 e. The number of nitrogens with one attached hydrogen (secondary N) is 1. The van der Waals surface area contributed by atoms with Crippen molar-refractivity contribution in [3.05, 3.63) is 92.4 Å². The van der Waals surface area contributed by atoms with Crippen molar-refractivity contribution >= 4 is 66.7 Å². The number of halogens is 3. The van der Waals surface area contributed by atoms with E-state index in [4.69, 9.17) is 23.2 Å². The van der Waals surface area contributed by atoms with Crippen molar-refractivity contribution in [3.63, 3.8) is 0 Å². The van der Waals surface area contributed by atoms with Crippen LogP contribution in [0.2, 0.25) is 10.0 Å². The average Bonchev–Trinajstić information content (AvgIpc) is 2.92. The molecule has 0 fully saturated rings. The van der Waals surface area contributed by atoms with Gasteiger partial charge < -0.3 is 10.2 Å². The predicted octanol–water partition coefficient (Wildman–Crippen LogP) is 6.59. The van der Waals surface area contributed by atoms with Crippen LogP contribution in [-0.2, 0) is 26.2 Å². The lowest BCUT2D eigenvalue weighted by Gasteiger charge is -2.32. The van der Waals surface area contributed by atoms with E-state index in [9.17, 15) is 18.0 Å². The first kappa shape index (κ1) is 31.9. The molecule has 0 aliphatic heterocycles. The first-order valence-corrected chi connectivity index (χ1v) is 15.7. The molecule has 0 heterocycles. The van der Waals surface area contributed by atoms with Gasteiger partial charge in [0, 0.05) is 17.1 Å². The van der Waals surface area contributed by atoms with Gasteiger partial charge in [0.2, 0.25) is 11.8 Å². The van der Waals surface area contributed by atoms with Crippen LogP contribution in [0, 0.1) is 6.92 Å². The molecule has 7 nitrogen and oxygen atoms in total. The number of amides is 2. The Morgan fingerprint density at radius 2 is 1.57 bits per heavy atom. The highest BCUT2D eigenvalue weighted by molar-refractivity contribution is 9.10. The molecule has 0 aromatic heterocycles. The molecule has 40 heavy (non-hydrogen) atoms. The lowest BCUT2D eigenvalue weighted by molar-refractivity contribution is -0.139. The van der Waals surface area contributed by atoms with E-state index < -0.39 is 28.5 Å². The zero-order valence-electron chi connectivity index (χ0n) is 22.7. The van der Waals surface area contributed by atoms with Gasteiger partial charge in [-0.05, 0) is 81.3 Å². The molecule has 3 rings (SSSR count). The van der Waals surface area contributed by atoms with E-state index in [-0.39, 0.29) is 23.4 Å². The van der Waals surface area contributed by atoms with Crippen molar-refractivity contribution in [1.29, 1.82) is 0 Å². The molecule has 0 unspecified atom stereocenters. The number of sulfonamides is 1. The topological polar surface area (TPSA) is 86.8 Å². The Hall–Kier alpha value is -2.59. The Morgan fingerprint density at radius 1 is 0.950 bits per heavy atom.